The van der Waals surface area contributed by atoms with Crippen molar-refractivity contribution >= 4 is 15.9 Å². The third kappa shape index (κ3) is 5.35. The summed E-state index contributed by atoms with van der Waals surface area (Å²) in [6.07, 6.45) is 0.980. The molecule has 1 atom stereocenters. The molecule has 0 bridgehead atoms. The Balaban J connectivity index is 1.62. The Morgan fingerprint density at radius 2 is 1.93 bits per heavy atom. The zero-order chi connectivity index (χ0) is 19.4. The highest BCUT2D eigenvalue weighted by atomic mass is 32.2. The van der Waals surface area contributed by atoms with E-state index in [1.165, 1.54) is 42.5 Å². The molecule has 1 aliphatic carbocycles. The first-order valence-electron chi connectivity index (χ1n) is 8.66. The summed E-state index contributed by atoms with van der Waals surface area (Å²) in [6.45, 7) is 0.276. The van der Waals surface area contributed by atoms with E-state index in [0.29, 0.717) is 18.0 Å². The molecule has 1 amide bonds. The quantitative estimate of drug-likeness (QED) is 0.640. The van der Waals surface area contributed by atoms with Crippen molar-refractivity contribution in [3.63, 3.8) is 0 Å². The number of sulfonamides is 1. The molecular weight excluding hydrogens is 371 g/mol. The number of aliphatic hydroxyl groups excluding tert-OH is 1. The number of hydrogen-bond acceptors (Lipinski definition) is 4. The number of halogens is 1. The summed E-state index contributed by atoms with van der Waals surface area (Å²) in [5.74, 6) is -0.602. The van der Waals surface area contributed by atoms with Crippen molar-refractivity contribution in [3.8, 4) is 0 Å². The minimum absolute atomic E-state index is 0.0153. The van der Waals surface area contributed by atoms with E-state index >= 15 is 0 Å². The highest BCUT2D eigenvalue weighted by molar-refractivity contribution is 7.89. The van der Waals surface area contributed by atoms with Gasteiger partial charge in [-0.3, -0.25) is 4.79 Å². The van der Waals surface area contributed by atoms with Crippen LogP contribution >= 0.6 is 0 Å². The SMILES string of the molecule is O=C(NCC(O)c1cccc(F)c1)c1cccc(S(=O)(=O)NCC2CC2)c1. The summed E-state index contributed by atoms with van der Waals surface area (Å²) < 4.78 is 40.4. The second-order valence-electron chi connectivity index (χ2n) is 6.60. The van der Waals surface area contributed by atoms with Crippen molar-refractivity contribution in [2.24, 2.45) is 5.92 Å². The lowest BCUT2D eigenvalue weighted by Gasteiger charge is -2.13. The van der Waals surface area contributed by atoms with Crippen LogP contribution < -0.4 is 10.0 Å². The molecule has 3 N–H and O–H groups in total. The molecule has 2 aromatic carbocycles. The third-order valence-corrected chi connectivity index (χ3v) is 5.78. The lowest BCUT2D eigenvalue weighted by Crippen LogP contribution is -2.29. The Labute approximate surface area is 157 Å². The largest absolute Gasteiger partial charge is 0.387 e. The molecule has 8 heteroatoms. The minimum atomic E-state index is -3.67. The first-order valence-corrected chi connectivity index (χ1v) is 10.1. The number of nitrogens with one attached hydrogen (secondary N) is 2. The van der Waals surface area contributed by atoms with Crippen molar-refractivity contribution < 1.29 is 22.7 Å². The van der Waals surface area contributed by atoms with Gasteiger partial charge in [-0.2, -0.15) is 0 Å². The van der Waals surface area contributed by atoms with Gasteiger partial charge in [-0.25, -0.2) is 17.5 Å². The number of amides is 1. The Bertz CT molecular complexity index is 929. The van der Waals surface area contributed by atoms with Gasteiger partial charge in [0.25, 0.3) is 5.91 Å². The van der Waals surface area contributed by atoms with E-state index < -0.39 is 27.9 Å². The predicted octanol–water partition coefficient (Wildman–Crippen LogP) is 1.98. The van der Waals surface area contributed by atoms with Crippen molar-refractivity contribution in [2.45, 2.75) is 23.8 Å². The summed E-state index contributed by atoms with van der Waals surface area (Å²) in [6, 6.07) is 11.2. The standard InChI is InChI=1S/C19H21FN2O4S/c20-16-5-1-3-14(9-16)18(23)12-21-19(24)15-4-2-6-17(10-15)27(25,26)22-11-13-7-8-13/h1-6,9-10,13,18,22-23H,7-8,11-12H2,(H,21,24). The number of carbonyl (C=O) groups is 1. The van der Waals surface area contributed by atoms with Gasteiger partial charge in [-0.15, -0.1) is 0 Å². The molecule has 0 saturated heterocycles. The lowest BCUT2D eigenvalue weighted by molar-refractivity contribution is 0.0916. The van der Waals surface area contributed by atoms with Crippen molar-refractivity contribution in [1.29, 1.82) is 0 Å². The van der Waals surface area contributed by atoms with Crippen LogP contribution in [0.25, 0.3) is 0 Å². The van der Waals surface area contributed by atoms with E-state index in [9.17, 15) is 22.7 Å². The number of carbonyl (C=O) groups excluding carboxylic acids is 1. The van der Waals surface area contributed by atoms with Crippen LogP contribution in [-0.4, -0.2) is 32.5 Å². The van der Waals surface area contributed by atoms with Gasteiger partial charge in [0.15, 0.2) is 0 Å². The van der Waals surface area contributed by atoms with Crippen LogP contribution in [0.5, 0.6) is 0 Å². The monoisotopic (exact) mass is 392 g/mol. The molecule has 1 saturated carbocycles. The fraction of sp³-hybridized carbons (Fsp3) is 0.316. The fourth-order valence-corrected chi connectivity index (χ4v) is 3.72. The Morgan fingerprint density at radius 1 is 1.19 bits per heavy atom. The number of aliphatic hydroxyl groups is 1. The number of benzene rings is 2. The van der Waals surface area contributed by atoms with Crippen LogP contribution in [0.1, 0.15) is 34.9 Å². The van der Waals surface area contributed by atoms with Crippen LogP contribution in [-0.2, 0) is 10.0 Å². The summed E-state index contributed by atoms with van der Waals surface area (Å²) in [4.78, 5) is 12.3. The Morgan fingerprint density at radius 3 is 2.63 bits per heavy atom. The minimum Gasteiger partial charge on any atom is -0.387 e. The molecule has 1 aliphatic rings. The summed E-state index contributed by atoms with van der Waals surface area (Å²) in [5.41, 5.74) is 0.506. The van der Waals surface area contributed by atoms with Gasteiger partial charge in [0.2, 0.25) is 10.0 Å². The average molecular weight is 392 g/mol. The van der Waals surface area contributed by atoms with Gasteiger partial charge >= 0.3 is 0 Å². The first kappa shape index (κ1) is 19.5. The van der Waals surface area contributed by atoms with Crippen molar-refractivity contribution in [3.05, 3.63) is 65.5 Å². The average Bonchev–Trinajstić information content (AvgIpc) is 3.49. The van der Waals surface area contributed by atoms with E-state index in [0.717, 1.165) is 12.8 Å². The summed E-state index contributed by atoms with van der Waals surface area (Å²) >= 11 is 0. The van der Waals surface area contributed by atoms with Crippen LogP contribution in [0.15, 0.2) is 53.4 Å². The molecule has 2 aromatic rings. The number of hydrogen-bond donors (Lipinski definition) is 3. The van der Waals surface area contributed by atoms with Gasteiger partial charge < -0.3 is 10.4 Å². The summed E-state index contributed by atoms with van der Waals surface area (Å²) in [7, 11) is -3.67. The highest BCUT2D eigenvalue weighted by Gasteiger charge is 2.24. The highest BCUT2D eigenvalue weighted by Crippen LogP contribution is 2.28. The molecule has 144 valence electrons. The predicted molar refractivity (Wildman–Crippen MR) is 98.0 cm³/mol. The van der Waals surface area contributed by atoms with Gasteiger partial charge in [0.1, 0.15) is 5.82 Å². The van der Waals surface area contributed by atoms with E-state index in [1.807, 2.05) is 0 Å². The van der Waals surface area contributed by atoms with Crippen molar-refractivity contribution in [2.75, 3.05) is 13.1 Å². The molecule has 0 aliphatic heterocycles. The van der Waals surface area contributed by atoms with Crippen LogP contribution in [0.4, 0.5) is 4.39 Å². The summed E-state index contributed by atoms with van der Waals surface area (Å²) in [5, 5.41) is 12.6. The molecule has 27 heavy (non-hydrogen) atoms. The fourth-order valence-electron chi connectivity index (χ4n) is 2.56. The van der Waals surface area contributed by atoms with Crippen LogP contribution in [0.2, 0.25) is 0 Å². The van der Waals surface area contributed by atoms with E-state index in [1.54, 1.807) is 6.07 Å². The van der Waals surface area contributed by atoms with Gasteiger partial charge in [0.05, 0.1) is 11.0 Å². The third-order valence-electron chi connectivity index (χ3n) is 4.35. The van der Waals surface area contributed by atoms with E-state index in [2.05, 4.69) is 10.0 Å². The van der Waals surface area contributed by atoms with Crippen LogP contribution in [0, 0.1) is 11.7 Å². The van der Waals surface area contributed by atoms with Crippen LogP contribution in [0.3, 0.4) is 0 Å². The van der Waals surface area contributed by atoms with Gasteiger partial charge in [0, 0.05) is 18.7 Å². The first-order chi connectivity index (χ1) is 12.8. The maximum atomic E-state index is 13.2. The molecule has 3 rings (SSSR count). The smallest absolute Gasteiger partial charge is 0.251 e. The second-order valence-corrected chi connectivity index (χ2v) is 8.37. The molecule has 1 fully saturated rings. The maximum Gasteiger partial charge on any atom is 0.251 e. The molecule has 0 radical (unpaired) electrons. The number of rotatable bonds is 8. The van der Waals surface area contributed by atoms with E-state index in [4.69, 9.17) is 0 Å². The van der Waals surface area contributed by atoms with Gasteiger partial charge in [-0.1, -0.05) is 18.2 Å². The topological polar surface area (TPSA) is 95.5 Å². The molecule has 0 aromatic heterocycles. The molecule has 1 unspecified atom stereocenters. The molecule has 0 spiro atoms. The van der Waals surface area contributed by atoms with Crippen molar-refractivity contribution in [1.82, 2.24) is 10.0 Å². The molecular formula is C19H21FN2O4S. The Kier molecular flexibility index (Phi) is 5.88. The maximum absolute atomic E-state index is 13.2. The normalized spacial score (nSPS) is 15.3. The molecule has 0 heterocycles. The lowest BCUT2D eigenvalue weighted by atomic mass is 10.1. The second kappa shape index (κ2) is 8.16. The zero-order valence-corrected chi connectivity index (χ0v) is 15.4. The Hall–Kier alpha value is -2.29. The molecule has 6 nitrogen and oxygen atoms in total. The zero-order valence-electron chi connectivity index (χ0n) is 14.6. The van der Waals surface area contributed by atoms with Gasteiger partial charge in [-0.05, 0) is 54.7 Å². The van der Waals surface area contributed by atoms with E-state index in [-0.39, 0.29) is 17.0 Å².